The Kier molecular flexibility index (Phi) is 3.34. The van der Waals surface area contributed by atoms with Crippen molar-refractivity contribution in [2.75, 3.05) is 19.4 Å². The molecule has 0 saturated heterocycles. The Balaban J connectivity index is 3.37. The van der Waals surface area contributed by atoms with E-state index in [2.05, 4.69) is 4.72 Å². The van der Waals surface area contributed by atoms with Gasteiger partial charge in [0.1, 0.15) is 0 Å². The lowest BCUT2D eigenvalue weighted by molar-refractivity contribution is 0.313. The quantitative estimate of drug-likeness (QED) is 0.441. The summed E-state index contributed by atoms with van der Waals surface area (Å²) >= 11 is 0. The molecule has 0 saturated carbocycles. The zero-order valence-electron chi connectivity index (χ0n) is 4.66. The van der Waals surface area contributed by atoms with Gasteiger partial charge in [0.25, 0.3) is 0 Å². The molecule has 0 radical (unpaired) electrons. The lowest BCUT2D eigenvalue weighted by Gasteiger charge is -2.29. The average molecular weight is 141 g/mol. The Morgan fingerprint density at radius 1 is 1.50 bits per heavy atom. The molecule has 0 heterocycles. The number of hydrogen-bond acceptors (Lipinski definition) is 4. The van der Waals surface area contributed by atoms with Gasteiger partial charge in [-0.15, -0.1) is 10.8 Å². The van der Waals surface area contributed by atoms with Gasteiger partial charge in [0, 0.05) is 7.05 Å². The molecule has 0 fully saturated rings. The zero-order valence-corrected chi connectivity index (χ0v) is 5.48. The van der Waals surface area contributed by atoms with Crippen molar-refractivity contribution in [2.24, 2.45) is 0 Å². The third kappa shape index (κ3) is 3.23. The van der Waals surface area contributed by atoms with Crippen molar-refractivity contribution >= 4 is 10.8 Å². The second-order valence-corrected chi connectivity index (χ2v) is 3.45. The first-order valence-electron chi connectivity index (χ1n) is 2.17. The molecule has 0 aromatic rings. The Hall–Kier alpha value is 0.190. The molecule has 4 N–H and O–H groups in total. The molecule has 0 rings (SSSR count). The van der Waals surface area contributed by atoms with E-state index in [4.69, 9.17) is 14.2 Å². The van der Waals surface area contributed by atoms with E-state index in [1.807, 2.05) is 0 Å². The van der Waals surface area contributed by atoms with Crippen LogP contribution in [-0.2, 0) is 0 Å². The van der Waals surface area contributed by atoms with Gasteiger partial charge in [0.15, 0.2) is 0 Å². The maximum absolute atomic E-state index is 8.69. The molecule has 0 aromatic carbocycles. The highest BCUT2D eigenvalue weighted by Crippen LogP contribution is 2.30. The summed E-state index contributed by atoms with van der Waals surface area (Å²) in [4.78, 5) is 0. The van der Waals surface area contributed by atoms with E-state index >= 15 is 0 Å². The van der Waals surface area contributed by atoms with Gasteiger partial charge in [-0.25, -0.2) is 4.72 Å². The van der Waals surface area contributed by atoms with Crippen LogP contribution in [0.25, 0.3) is 0 Å². The number of aliphatic hydroxyl groups excluding tert-OH is 1. The molecule has 52 valence electrons. The average Bonchev–Trinajstić information content (AvgIpc) is 1.67. The van der Waals surface area contributed by atoms with Crippen LogP contribution in [0.2, 0.25) is 0 Å². The third-order valence-corrected chi connectivity index (χ3v) is 2.11. The molecule has 0 aliphatic rings. The third-order valence-electron chi connectivity index (χ3n) is 0.703. The summed E-state index contributed by atoms with van der Waals surface area (Å²) in [5.74, 6) is 0.00347. The second kappa shape index (κ2) is 3.26. The van der Waals surface area contributed by atoms with Gasteiger partial charge >= 0.3 is 0 Å². The van der Waals surface area contributed by atoms with Gasteiger partial charge < -0.3 is 5.11 Å². The van der Waals surface area contributed by atoms with E-state index in [1.165, 1.54) is 7.05 Å². The van der Waals surface area contributed by atoms with Crippen molar-refractivity contribution in [3.63, 3.8) is 0 Å². The molecular weight excluding hydrogens is 130 g/mol. The highest BCUT2D eigenvalue weighted by molar-refractivity contribution is 8.22. The predicted molar refractivity (Wildman–Crippen MR) is 33.9 cm³/mol. The summed E-state index contributed by atoms with van der Waals surface area (Å²) in [6.07, 6.45) is 0. The van der Waals surface area contributed by atoms with E-state index < -0.39 is 10.8 Å². The molecule has 0 spiro atoms. The maximum atomic E-state index is 8.69. The topological polar surface area (TPSA) is 72.7 Å². The SMILES string of the molecule is CNS(O)(O)CCO. The van der Waals surface area contributed by atoms with Crippen LogP contribution in [0.3, 0.4) is 0 Å². The van der Waals surface area contributed by atoms with Crippen LogP contribution in [0, 0.1) is 0 Å². The molecule has 0 aliphatic carbocycles. The van der Waals surface area contributed by atoms with Crippen molar-refractivity contribution in [3.05, 3.63) is 0 Å². The first-order chi connectivity index (χ1) is 3.62. The van der Waals surface area contributed by atoms with Gasteiger partial charge in [0.2, 0.25) is 0 Å². The molecule has 8 heavy (non-hydrogen) atoms. The van der Waals surface area contributed by atoms with E-state index in [9.17, 15) is 0 Å². The van der Waals surface area contributed by atoms with Crippen LogP contribution in [0.5, 0.6) is 0 Å². The normalized spacial score (nSPS) is 14.0. The monoisotopic (exact) mass is 141 g/mol. The van der Waals surface area contributed by atoms with Crippen LogP contribution >= 0.6 is 10.8 Å². The van der Waals surface area contributed by atoms with Gasteiger partial charge in [0.05, 0.1) is 12.4 Å². The summed E-state index contributed by atoms with van der Waals surface area (Å²) < 4.78 is 19.7. The van der Waals surface area contributed by atoms with Crippen molar-refractivity contribution in [3.8, 4) is 0 Å². The first kappa shape index (κ1) is 8.19. The Bertz CT molecular complexity index is 67.5. The van der Waals surface area contributed by atoms with E-state index in [1.54, 1.807) is 0 Å². The van der Waals surface area contributed by atoms with Crippen LogP contribution in [0.15, 0.2) is 0 Å². The van der Waals surface area contributed by atoms with Crippen LogP contribution in [0.4, 0.5) is 0 Å². The lowest BCUT2D eigenvalue weighted by atomic mass is 10.9. The highest BCUT2D eigenvalue weighted by atomic mass is 32.3. The van der Waals surface area contributed by atoms with Crippen molar-refractivity contribution in [1.29, 1.82) is 0 Å². The largest absolute Gasteiger partial charge is 0.395 e. The summed E-state index contributed by atoms with van der Waals surface area (Å²) in [5.41, 5.74) is 0. The number of rotatable bonds is 3. The molecular formula is C3H11NO3S. The highest BCUT2D eigenvalue weighted by Gasteiger charge is 2.04. The van der Waals surface area contributed by atoms with Crippen molar-refractivity contribution in [1.82, 2.24) is 4.72 Å². The van der Waals surface area contributed by atoms with Crippen LogP contribution in [0.1, 0.15) is 0 Å². The molecule has 5 heteroatoms. The van der Waals surface area contributed by atoms with Gasteiger partial charge in [-0.2, -0.15) is 0 Å². The molecule has 4 nitrogen and oxygen atoms in total. The second-order valence-electron chi connectivity index (χ2n) is 1.30. The maximum Gasteiger partial charge on any atom is 0.0759 e. The lowest BCUT2D eigenvalue weighted by Crippen LogP contribution is -2.19. The fourth-order valence-electron chi connectivity index (χ4n) is 0.229. The van der Waals surface area contributed by atoms with E-state index in [0.29, 0.717) is 0 Å². The standard InChI is InChI=1S/C3H11NO3S/c1-4-8(6,7)3-2-5/h4-7H,2-3H2,1H3. The first-order valence-corrected chi connectivity index (χ1v) is 3.89. The summed E-state index contributed by atoms with van der Waals surface area (Å²) in [5, 5.41) is 8.19. The van der Waals surface area contributed by atoms with Crippen molar-refractivity contribution < 1.29 is 14.2 Å². The van der Waals surface area contributed by atoms with E-state index in [0.717, 1.165) is 0 Å². The predicted octanol–water partition coefficient (Wildman–Crippen LogP) is -0.136. The molecule has 0 bridgehead atoms. The molecule has 0 amide bonds. The molecule has 0 aromatic heterocycles. The minimum Gasteiger partial charge on any atom is -0.395 e. The number of hydrogen-bond donors (Lipinski definition) is 4. The van der Waals surface area contributed by atoms with Crippen LogP contribution in [-0.4, -0.2) is 33.6 Å². The van der Waals surface area contributed by atoms with Crippen molar-refractivity contribution in [2.45, 2.75) is 0 Å². The fraction of sp³-hybridized carbons (Fsp3) is 1.00. The Morgan fingerprint density at radius 3 is 2.12 bits per heavy atom. The Morgan fingerprint density at radius 2 is 2.00 bits per heavy atom. The van der Waals surface area contributed by atoms with Gasteiger partial charge in [-0.05, 0) is 0 Å². The van der Waals surface area contributed by atoms with Gasteiger partial charge in [-0.3, -0.25) is 9.11 Å². The fourth-order valence-corrected chi connectivity index (χ4v) is 0.688. The smallest absolute Gasteiger partial charge is 0.0759 e. The van der Waals surface area contributed by atoms with E-state index in [-0.39, 0.29) is 12.4 Å². The minimum absolute atomic E-state index is 0.00347. The Labute approximate surface area is 50.0 Å². The summed E-state index contributed by atoms with van der Waals surface area (Å²) in [6, 6.07) is 0. The molecule has 0 aliphatic heterocycles. The number of aliphatic hydroxyl groups is 1. The van der Waals surface area contributed by atoms with Gasteiger partial charge in [-0.1, -0.05) is 0 Å². The number of nitrogens with one attached hydrogen (secondary N) is 1. The molecule has 0 unspecified atom stereocenters. The molecule has 0 atom stereocenters. The summed E-state index contributed by atoms with van der Waals surface area (Å²) in [7, 11) is -1.23. The summed E-state index contributed by atoms with van der Waals surface area (Å²) in [6.45, 7) is -0.205. The zero-order chi connectivity index (χ0) is 6.62. The van der Waals surface area contributed by atoms with Crippen LogP contribution < -0.4 is 4.72 Å². The minimum atomic E-state index is -2.67.